The molecule has 0 radical (unpaired) electrons. The molecule has 1 aromatic heterocycles. The van der Waals surface area contributed by atoms with E-state index in [2.05, 4.69) is 5.32 Å². The number of hydrogen-bond acceptors (Lipinski definition) is 3. The Hall–Kier alpha value is -3.51. The number of methoxy groups -OCH3 is 1. The van der Waals surface area contributed by atoms with Gasteiger partial charge >= 0.3 is 6.03 Å². The van der Waals surface area contributed by atoms with E-state index in [4.69, 9.17) is 16.3 Å². The van der Waals surface area contributed by atoms with Gasteiger partial charge in [-0.3, -0.25) is 4.79 Å². The number of imide groups is 1. The molecule has 3 amide bonds. The number of carbonyl (C=O) groups is 2. The Labute approximate surface area is 179 Å². The zero-order chi connectivity index (χ0) is 21.4. The van der Waals surface area contributed by atoms with E-state index in [-0.39, 0.29) is 5.70 Å². The smallest absolute Gasteiger partial charge is 0.333 e. The summed E-state index contributed by atoms with van der Waals surface area (Å²) in [5.41, 5.74) is 4.20. The summed E-state index contributed by atoms with van der Waals surface area (Å²) in [5.74, 6) is 0.289. The topological polar surface area (TPSA) is 63.6 Å². The number of carbonyl (C=O) groups excluding carboxylic acids is 2. The third kappa shape index (κ3) is 3.35. The van der Waals surface area contributed by atoms with Crippen LogP contribution < -0.4 is 15.0 Å². The van der Waals surface area contributed by atoms with E-state index in [1.807, 2.05) is 42.7 Å². The number of aryl methyl sites for hydroxylation is 1. The number of para-hydroxylation sites is 1. The number of hydrogen-bond donors (Lipinski definition) is 1. The zero-order valence-corrected chi connectivity index (χ0v) is 17.5. The van der Waals surface area contributed by atoms with Gasteiger partial charge in [-0.05, 0) is 61.9 Å². The molecular weight excluding hydrogens is 402 g/mol. The highest BCUT2D eigenvalue weighted by Crippen LogP contribution is 2.31. The fourth-order valence-electron chi connectivity index (χ4n) is 3.64. The van der Waals surface area contributed by atoms with Crippen LogP contribution in [0.3, 0.4) is 0 Å². The van der Waals surface area contributed by atoms with Gasteiger partial charge in [-0.15, -0.1) is 0 Å². The number of nitrogens with one attached hydrogen (secondary N) is 1. The number of amides is 3. The lowest BCUT2D eigenvalue weighted by molar-refractivity contribution is -0.113. The van der Waals surface area contributed by atoms with Crippen LogP contribution in [0.1, 0.15) is 17.0 Å². The molecule has 7 heteroatoms. The lowest BCUT2D eigenvalue weighted by Gasteiger charge is -2.14. The maximum atomic E-state index is 12.9. The number of anilines is 1. The predicted molar refractivity (Wildman–Crippen MR) is 117 cm³/mol. The van der Waals surface area contributed by atoms with Gasteiger partial charge < -0.3 is 14.6 Å². The van der Waals surface area contributed by atoms with E-state index < -0.39 is 11.9 Å². The highest BCUT2D eigenvalue weighted by molar-refractivity contribution is 6.30. The molecule has 152 valence electrons. The monoisotopic (exact) mass is 421 g/mol. The Morgan fingerprint density at radius 2 is 1.77 bits per heavy atom. The minimum absolute atomic E-state index is 0.224. The maximum absolute atomic E-state index is 12.9. The number of rotatable bonds is 4. The summed E-state index contributed by atoms with van der Waals surface area (Å²) in [6.45, 7) is 3.90. The van der Waals surface area contributed by atoms with Gasteiger partial charge in [0.1, 0.15) is 11.4 Å². The third-order valence-corrected chi connectivity index (χ3v) is 5.28. The molecule has 0 saturated carbocycles. The van der Waals surface area contributed by atoms with Gasteiger partial charge in [0.15, 0.2) is 0 Å². The number of aromatic nitrogens is 1. The Kier molecular flexibility index (Phi) is 5.10. The van der Waals surface area contributed by atoms with Crippen molar-refractivity contribution in [1.82, 2.24) is 9.88 Å². The van der Waals surface area contributed by atoms with Crippen molar-refractivity contribution in [2.45, 2.75) is 13.8 Å². The van der Waals surface area contributed by atoms with Crippen molar-refractivity contribution in [2.75, 3.05) is 12.0 Å². The molecule has 0 atom stereocenters. The van der Waals surface area contributed by atoms with Gasteiger partial charge in [-0.25, -0.2) is 9.69 Å². The Morgan fingerprint density at radius 1 is 1.03 bits per heavy atom. The fraction of sp³-hybridized carbons (Fsp3) is 0.130. The molecule has 1 saturated heterocycles. The van der Waals surface area contributed by atoms with E-state index >= 15 is 0 Å². The van der Waals surface area contributed by atoms with E-state index in [1.165, 1.54) is 0 Å². The zero-order valence-electron chi connectivity index (χ0n) is 16.8. The Balaban J connectivity index is 1.75. The third-order valence-electron chi connectivity index (χ3n) is 5.04. The van der Waals surface area contributed by atoms with Crippen molar-refractivity contribution in [3.63, 3.8) is 0 Å². The van der Waals surface area contributed by atoms with Gasteiger partial charge in [0.05, 0.1) is 18.5 Å². The second kappa shape index (κ2) is 7.72. The van der Waals surface area contributed by atoms with E-state index in [0.717, 1.165) is 27.5 Å². The average molecular weight is 422 g/mol. The minimum Gasteiger partial charge on any atom is -0.495 e. The van der Waals surface area contributed by atoms with E-state index in [0.29, 0.717) is 16.5 Å². The van der Waals surface area contributed by atoms with Crippen molar-refractivity contribution < 1.29 is 14.3 Å². The van der Waals surface area contributed by atoms with Crippen LogP contribution in [0.2, 0.25) is 5.02 Å². The molecule has 0 unspecified atom stereocenters. The molecule has 2 aromatic carbocycles. The molecule has 1 fully saturated rings. The molecule has 0 aliphatic carbocycles. The molecule has 1 aliphatic rings. The summed E-state index contributed by atoms with van der Waals surface area (Å²) in [5, 5.41) is 3.26. The lowest BCUT2D eigenvalue weighted by atomic mass is 10.2. The van der Waals surface area contributed by atoms with Crippen molar-refractivity contribution in [3.8, 4) is 11.4 Å². The summed E-state index contributed by atoms with van der Waals surface area (Å²) in [6, 6.07) is 15.7. The van der Waals surface area contributed by atoms with E-state index in [1.54, 1.807) is 43.5 Å². The molecule has 6 nitrogen and oxygen atoms in total. The number of nitrogens with zero attached hydrogens (tertiary/aromatic N) is 2. The van der Waals surface area contributed by atoms with Crippen LogP contribution in [-0.2, 0) is 4.79 Å². The second-order valence-corrected chi connectivity index (χ2v) is 7.38. The quantitative estimate of drug-likeness (QED) is 0.483. The van der Waals surface area contributed by atoms with Crippen molar-refractivity contribution in [1.29, 1.82) is 0 Å². The molecule has 0 spiro atoms. The van der Waals surface area contributed by atoms with Crippen molar-refractivity contribution in [2.24, 2.45) is 0 Å². The van der Waals surface area contributed by atoms with Crippen LogP contribution in [0.15, 0.2) is 60.3 Å². The van der Waals surface area contributed by atoms with E-state index in [9.17, 15) is 9.59 Å². The van der Waals surface area contributed by atoms with Gasteiger partial charge in [-0.1, -0.05) is 29.8 Å². The Morgan fingerprint density at radius 3 is 2.47 bits per heavy atom. The van der Waals surface area contributed by atoms with Gasteiger partial charge in [-0.2, -0.15) is 0 Å². The first-order chi connectivity index (χ1) is 14.4. The highest BCUT2D eigenvalue weighted by Gasteiger charge is 2.35. The molecule has 2 heterocycles. The van der Waals surface area contributed by atoms with Crippen LogP contribution >= 0.6 is 11.6 Å². The van der Waals surface area contributed by atoms with Gasteiger partial charge in [0.2, 0.25) is 0 Å². The van der Waals surface area contributed by atoms with Crippen LogP contribution in [0.25, 0.3) is 11.8 Å². The normalized spacial score (nSPS) is 15.1. The molecule has 1 aliphatic heterocycles. The molecule has 0 bridgehead atoms. The molecule has 4 rings (SSSR count). The SMILES string of the molecule is COc1ccc(Cl)cc1-n1c(C)cc(C=C2NC(=O)N(c3ccccc3)C2=O)c1C. The maximum Gasteiger partial charge on any atom is 0.333 e. The van der Waals surface area contributed by atoms with Crippen LogP contribution in [0.4, 0.5) is 10.5 Å². The number of benzene rings is 2. The summed E-state index contributed by atoms with van der Waals surface area (Å²) < 4.78 is 7.50. The molecular formula is C23H20ClN3O3. The van der Waals surface area contributed by atoms with Gasteiger partial charge in [0.25, 0.3) is 5.91 Å². The second-order valence-electron chi connectivity index (χ2n) is 6.94. The average Bonchev–Trinajstić information content (AvgIpc) is 3.17. The summed E-state index contributed by atoms with van der Waals surface area (Å²) >= 11 is 6.20. The summed E-state index contributed by atoms with van der Waals surface area (Å²) in [6.07, 6.45) is 1.69. The summed E-state index contributed by atoms with van der Waals surface area (Å²) in [4.78, 5) is 26.4. The molecule has 30 heavy (non-hydrogen) atoms. The summed E-state index contributed by atoms with van der Waals surface area (Å²) in [7, 11) is 1.61. The molecule has 3 aromatic rings. The van der Waals surface area contributed by atoms with Gasteiger partial charge in [0, 0.05) is 16.4 Å². The highest BCUT2D eigenvalue weighted by atomic mass is 35.5. The van der Waals surface area contributed by atoms with Crippen LogP contribution in [-0.4, -0.2) is 23.6 Å². The fourth-order valence-corrected chi connectivity index (χ4v) is 3.81. The number of urea groups is 1. The predicted octanol–water partition coefficient (Wildman–Crippen LogP) is 4.85. The van der Waals surface area contributed by atoms with Crippen molar-refractivity contribution in [3.05, 3.63) is 82.3 Å². The standard InChI is InChI=1S/C23H20ClN3O3/c1-14-11-16(15(2)26(14)20-13-17(24)9-10-21(20)30-3)12-19-22(28)27(23(29)25-19)18-7-5-4-6-8-18/h4-13H,1-3H3,(H,25,29). The largest absolute Gasteiger partial charge is 0.495 e. The first kappa shape index (κ1) is 19.8. The first-order valence-corrected chi connectivity index (χ1v) is 9.73. The Bertz CT molecular complexity index is 1180. The first-order valence-electron chi connectivity index (χ1n) is 9.35. The minimum atomic E-state index is -0.470. The van der Waals surface area contributed by atoms with Crippen LogP contribution in [0, 0.1) is 13.8 Å². The lowest BCUT2D eigenvalue weighted by Crippen LogP contribution is -2.30. The molecule has 1 N–H and O–H groups in total. The van der Waals surface area contributed by atoms with Crippen LogP contribution in [0.5, 0.6) is 5.75 Å². The number of halogens is 1. The van der Waals surface area contributed by atoms with Crippen molar-refractivity contribution >= 4 is 35.3 Å². The number of ether oxygens (including phenoxy) is 1.